The van der Waals surface area contributed by atoms with E-state index in [1.807, 2.05) is 11.8 Å². The second-order valence-electron chi connectivity index (χ2n) is 3.11. The Morgan fingerprint density at radius 2 is 1.93 bits per heavy atom. The highest BCUT2D eigenvalue weighted by atomic mass is 35.5. The molecule has 1 nitrogen and oxygen atoms in total. The van der Waals surface area contributed by atoms with Gasteiger partial charge >= 0.3 is 0 Å². The van der Waals surface area contributed by atoms with Crippen LogP contribution in [0.4, 0.5) is 0 Å². The number of thioether (sulfide) groups is 2. The zero-order valence-corrected chi connectivity index (χ0v) is 11.6. The number of alkyl halides is 1. The van der Waals surface area contributed by atoms with Gasteiger partial charge in [-0.05, 0) is 12.2 Å². The highest BCUT2D eigenvalue weighted by molar-refractivity contribution is 7.99. The molecule has 0 aromatic rings. The lowest BCUT2D eigenvalue weighted by Crippen LogP contribution is -2.34. The molecule has 5 heteroatoms. The van der Waals surface area contributed by atoms with Gasteiger partial charge in [0, 0.05) is 42.8 Å². The molecular formula is C9H19Cl2NS2. The Balaban J connectivity index is 0.00000169. The first-order valence-corrected chi connectivity index (χ1v) is 7.71. The Kier molecular flexibility index (Phi) is 11.7. The minimum atomic E-state index is 0. The maximum Gasteiger partial charge on any atom is 0.0231 e. The van der Waals surface area contributed by atoms with Gasteiger partial charge in [-0.1, -0.05) is 0 Å². The molecule has 14 heavy (non-hydrogen) atoms. The average Bonchev–Trinajstić information content (AvgIpc) is 2.19. The van der Waals surface area contributed by atoms with E-state index < -0.39 is 0 Å². The van der Waals surface area contributed by atoms with Crippen LogP contribution in [0.15, 0.2) is 0 Å². The molecule has 0 spiro atoms. The van der Waals surface area contributed by atoms with E-state index in [1.165, 1.54) is 42.6 Å². The number of nitrogens with zero attached hydrogens (tertiary/aromatic N) is 1. The van der Waals surface area contributed by atoms with Gasteiger partial charge in [0.1, 0.15) is 0 Å². The topological polar surface area (TPSA) is 3.24 Å². The SMILES string of the molecule is Cl.ClCCCSCCN1CCSCC1. The van der Waals surface area contributed by atoms with Crippen LogP contribution in [0.25, 0.3) is 0 Å². The van der Waals surface area contributed by atoms with E-state index >= 15 is 0 Å². The van der Waals surface area contributed by atoms with Crippen LogP contribution in [0.5, 0.6) is 0 Å². The fourth-order valence-electron chi connectivity index (χ4n) is 1.28. The molecule has 1 aliphatic heterocycles. The van der Waals surface area contributed by atoms with Gasteiger partial charge in [0.25, 0.3) is 0 Å². The van der Waals surface area contributed by atoms with Crippen LogP contribution in [0.3, 0.4) is 0 Å². The molecule has 0 aliphatic carbocycles. The summed E-state index contributed by atoms with van der Waals surface area (Å²) in [6.07, 6.45) is 1.15. The van der Waals surface area contributed by atoms with E-state index in [4.69, 9.17) is 11.6 Å². The van der Waals surface area contributed by atoms with E-state index in [9.17, 15) is 0 Å². The largest absolute Gasteiger partial charge is 0.301 e. The van der Waals surface area contributed by atoms with Gasteiger partial charge in [-0.2, -0.15) is 23.5 Å². The van der Waals surface area contributed by atoms with E-state index in [-0.39, 0.29) is 12.4 Å². The highest BCUT2D eigenvalue weighted by Crippen LogP contribution is 2.10. The highest BCUT2D eigenvalue weighted by Gasteiger charge is 2.08. The summed E-state index contributed by atoms with van der Waals surface area (Å²) in [5, 5.41) is 0. The van der Waals surface area contributed by atoms with Crippen molar-refractivity contribution in [3.8, 4) is 0 Å². The van der Waals surface area contributed by atoms with E-state index in [0.717, 1.165) is 12.3 Å². The Labute approximate surface area is 107 Å². The minimum absolute atomic E-state index is 0. The third-order valence-corrected chi connectivity index (χ3v) is 4.34. The summed E-state index contributed by atoms with van der Waals surface area (Å²) in [4.78, 5) is 2.57. The molecule has 0 bridgehead atoms. The summed E-state index contributed by atoms with van der Waals surface area (Å²) < 4.78 is 0. The maximum atomic E-state index is 5.60. The predicted molar refractivity (Wildman–Crippen MR) is 73.7 cm³/mol. The molecule has 0 atom stereocenters. The number of hydrogen-bond donors (Lipinski definition) is 0. The number of halogens is 2. The molecule has 1 rings (SSSR count). The van der Waals surface area contributed by atoms with Crippen molar-refractivity contribution < 1.29 is 0 Å². The normalized spacial score (nSPS) is 17.8. The summed E-state index contributed by atoms with van der Waals surface area (Å²) in [7, 11) is 0. The average molecular weight is 276 g/mol. The Morgan fingerprint density at radius 1 is 1.21 bits per heavy atom. The fraction of sp³-hybridized carbons (Fsp3) is 1.00. The minimum Gasteiger partial charge on any atom is -0.301 e. The van der Waals surface area contributed by atoms with Crippen LogP contribution < -0.4 is 0 Å². The molecular weight excluding hydrogens is 257 g/mol. The van der Waals surface area contributed by atoms with Crippen LogP contribution in [0.1, 0.15) is 6.42 Å². The van der Waals surface area contributed by atoms with Crippen molar-refractivity contribution >= 4 is 47.5 Å². The molecule has 1 aliphatic rings. The Morgan fingerprint density at radius 3 is 2.57 bits per heavy atom. The molecule has 86 valence electrons. The lowest BCUT2D eigenvalue weighted by molar-refractivity contribution is 0.322. The fourth-order valence-corrected chi connectivity index (χ4v) is 3.49. The number of rotatable bonds is 6. The molecule has 1 saturated heterocycles. The van der Waals surface area contributed by atoms with Crippen LogP contribution >= 0.6 is 47.5 Å². The lowest BCUT2D eigenvalue weighted by atomic mass is 10.5. The second-order valence-corrected chi connectivity index (χ2v) is 5.94. The van der Waals surface area contributed by atoms with Crippen LogP contribution in [-0.4, -0.2) is 53.4 Å². The van der Waals surface area contributed by atoms with Gasteiger partial charge in [-0.3, -0.25) is 0 Å². The van der Waals surface area contributed by atoms with E-state index in [2.05, 4.69) is 16.7 Å². The molecule has 0 amide bonds. The van der Waals surface area contributed by atoms with Crippen molar-refractivity contribution in [1.82, 2.24) is 4.90 Å². The first-order valence-electron chi connectivity index (χ1n) is 4.87. The molecule has 1 heterocycles. The molecule has 0 unspecified atom stereocenters. The molecule has 0 aromatic carbocycles. The van der Waals surface area contributed by atoms with Crippen molar-refractivity contribution in [2.75, 3.05) is 48.5 Å². The summed E-state index contributed by atoms with van der Waals surface area (Å²) in [6.45, 7) is 3.86. The summed E-state index contributed by atoms with van der Waals surface area (Å²) in [5.41, 5.74) is 0. The third-order valence-electron chi connectivity index (χ3n) is 2.08. The van der Waals surface area contributed by atoms with E-state index in [1.54, 1.807) is 0 Å². The summed E-state index contributed by atoms with van der Waals surface area (Å²) in [6, 6.07) is 0. The van der Waals surface area contributed by atoms with Crippen LogP contribution in [0.2, 0.25) is 0 Å². The van der Waals surface area contributed by atoms with Crippen molar-refractivity contribution in [3.63, 3.8) is 0 Å². The van der Waals surface area contributed by atoms with Crippen molar-refractivity contribution in [2.24, 2.45) is 0 Å². The zero-order valence-electron chi connectivity index (χ0n) is 8.41. The van der Waals surface area contributed by atoms with Gasteiger partial charge < -0.3 is 4.90 Å². The van der Waals surface area contributed by atoms with Crippen molar-refractivity contribution in [3.05, 3.63) is 0 Å². The van der Waals surface area contributed by atoms with Crippen LogP contribution in [0, 0.1) is 0 Å². The monoisotopic (exact) mass is 275 g/mol. The molecule has 1 fully saturated rings. The maximum absolute atomic E-state index is 5.60. The first kappa shape index (κ1) is 15.2. The first-order chi connectivity index (χ1) is 6.43. The molecule has 0 aromatic heterocycles. The van der Waals surface area contributed by atoms with E-state index in [0.29, 0.717) is 0 Å². The standard InChI is InChI=1S/C9H18ClNS2.ClH/c10-2-1-6-12-7-3-11-4-8-13-9-5-11;/h1-9H2;1H. The summed E-state index contributed by atoms with van der Waals surface area (Å²) >= 11 is 9.72. The van der Waals surface area contributed by atoms with Crippen LogP contribution in [-0.2, 0) is 0 Å². The zero-order chi connectivity index (χ0) is 9.36. The van der Waals surface area contributed by atoms with Gasteiger partial charge in [0.15, 0.2) is 0 Å². The smallest absolute Gasteiger partial charge is 0.0231 e. The Bertz CT molecular complexity index is 121. The van der Waals surface area contributed by atoms with Gasteiger partial charge in [0.05, 0.1) is 0 Å². The summed E-state index contributed by atoms with van der Waals surface area (Å²) in [5.74, 6) is 5.97. The molecule has 0 radical (unpaired) electrons. The second kappa shape index (κ2) is 10.7. The van der Waals surface area contributed by atoms with Crippen molar-refractivity contribution in [1.29, 1.82) is 0 Å². The predicted octanol–water partition coefficient (Wildman–Crippen LogP) is 2.82. The molecule has 0 saturated carbocycles. The lowest BCUT2D eigenvalue weighted by Gasteiger charge is -2.25. The van der Waals surface area contributed by atoms with Gasteiger partial charge in [-0.25, -0.2) is 0 Å². The number of hydrogen-bond acceptors (Lipinski definition) is 3. The third kappa shape index (κ3) is 7.52. The van der Waals surface area contributed by atoms with Crippen molar-refractivity contribution in [2.45, 2.75) is 6.42 Å². The van der Waals surface area contributed by atoms with Gasteiger partial charge in [0.2, 0.25) is 0 Å². The molecule has 0 N–H and O–H groups in total. The quantitative estimate of drug-likeness (QED) is 0.542. The van der Waals surface area contributed by atoms with Gasteiger partial charge in [-0.15, -0.1) is 24.0 Å². The Hall–Kier alpha value is 1.24.